The summed E-state index contributed by atoms with van der Waals surface area (Å²) in [5, 5.41) is 4.38. The van der Waals surface area contributed by atoms with Crippen molar-refractivity contribution in [2.24, 2.45) is 5.41 Å². The lowest BCUT2D eigenvalue weighted by molar-refractivity contribution is 0.215. The molecule has 2 heteroatoms. The Hall–Kier alpha value is -0.470. The molecule has 2 atom stereocenters. The summed E-state index contributed by atoms with van der Waals surface area (Å²) in [5.41, 5.74) is 1.84. The molecule has 0 radical (unpaired) electrons. The predicted molar refractivity (Wildman–Crippen MR) is 85.9 cm³/mol. The van der Waals surface area contributed by atoms with Crippen molar-refractivity contribution in [1.29, 1.82) is 0 Å². The van der Waals surface area contributed by atoms with Crippen LogP contribution >= 0.6 is 11.8 Å². The van der Waals surface area contributed by atoms with Gasteiger partial charge in [-0.1, -0.05) is 38.5 Å². The van der Waals surface area contributed by atoms with Crippen LogP contribution in [-0.2, 0) is 0 Å². The van der Waals surface area contributed by atoms with Gasteiger partial charge in [-0.05, 0) is 50.3 Å². The van der Waals surface area contributed by atoms with Gasteiger partial charge >= 0.3 is 0 Å². The van der Waals surface area contributed by atoms with Crippen molar-refractivity contribution >= 4 is 11.8 Å². The number of hydrogen-bond acceptors (Lipinski definition) is 2. The van der Waals surface area contributed by atoms with Crippen LogP contribution in [0.25, 0.3) is 0 Å². The van der Waals surface area contributed by atoms with Gasteiger partial charge in [-0.2, -0.15) is 0 Å². The van der Waals surface area contributed by atoms with E-state index in [1.165, 1.54) is 29.7 Å². The molecule has 0 spiro atoms. The van der Waals surface area contributed by atoms with Crippen molar-refractivity contribution in [3.05, 3.63) is 29.8 Å². The minimum atomic E-state index is 0.494. The van der Waals surface area contributed by atoms with Gasteiger partial charge in [-0.25, -0.2) is 0 Å². The highest BCUT2D eigenvalue weighted by Gasteiger charge is 2.34. The summed E-state index contributed by atoms with van der Waals surface area (Å²) < 4.78 is 0. The van der Waals surface area contributed by atoms with Crippen LogP contribution < -0.4 is 5.32 Å². The van der Waals surface area contributed by atoms with E-state index in [9.17, 15) is 0 Å². The first-order chi connectivity index (χ1) is 9.00. The summed E-state index contributed by atoms with van der Waals surface area (Å²) >= 11 is 2.06. The predicted octanol–water partition coefficient (Wildman–Crippen LogP) is 4.64. The fourth-order valence-corrected chi connectivity index (χ4v) is 4.51. The van der Waals surface area contributed by atoms with Crippen molar-refractivity contribution in [3.63, 3.8) is 0 Å². The second-order valence-corrected chi connectivity index (χ2v) is 7.85. The molecule has 0 aliphatic heterocycles. The van der Waals surface area contributed by atoms with E-state index >= 15 is 0 Å². The molecule has 1 aliphatic carbocycles. The molecule has 0 amide bonds. The topological polar surface area (TPSA) is 12.0 Å². The molecule has 106 valence electrons. The maximum Gasteiger partial charge on any atom is 0.0253 e. The van der Waals surface area contributed by atoms with Crippen LogP contribution in [0.5, 0.6) is 0 Å². The van der Waals surface area contributed by atoms with Gasteiger partial charge in [0.05, 0.1) is 0 Å². The van der Waals surface area contributed by atoms with E-state index in [-0.39, 0.29) is 0 Å². The Morgan fingerprint density at radius 3 is 2.58 bits per heavy atom. The molecule has 1 aliphatic rings. The third-order valence-electron chi connectivity index (χ3n) is 4.11. The third-order valence-corrected chi connectivity index (χ3v) is 5.45. The highest BCUT2D eigenvalue weighted by Crippen LogP contribution is 2.42. The van der Waals surface area contributed by atoms with Crippen molar-refractivity contribution in [3.8, 4) is 0 Å². The van der Waals surface area contributed by atoms with Crippen LogP contribution in [0.4, 0.5) is 0 Å². The molecule has 2 unspecified atom stereocenters. The standard InChI is InChI=1S/C17H27NS/c1-5-18-15-10-11-17(3,4)12-16(15)19-14-8-6-13(2)7-9-14/h6-9,15-16,18H,5,10-12H2,1-4H3. The lowest BCUT2D eigenvalue weighted by Gasteiger charge is -2.40. The fourth-order valence-electron chi connectivity index (χ4n) is 2.93. The molecule has 1 aromatic carbocycles. The van der Waals surface area contributed by atoms with Crippen LogP contribution in [0.3, 0.4) is 0 Å². The molecule has 1 nitrogen and oxygen atoms in total. The minimum Gasteiger partial charge on any atom is -0.313 e. The Balaban J connectivity index is 2.06. The molecule has 0 saturated heterocycles. The zero-order valence-corrected chi connectivity index (χ0v) is 13.5. The van der Waals surface area contributed by atoms with Gasteiger partial charge < -0.3 is 5.32 Å². The second kappa shape index (κ2) is 6.32. The second-order valence-electron chi connectivity index (χ2n) is 6.54. The molecule has 1 saturated carbocycles. The number of nitrogens with one attached hydrogen (secondary N) is 1. The third kappa shape index (κ3) is 4.25. The lowest BCUT2D eigenvalue weighted by atomic mass is 9.75. The van der Waals surface area contributed by atoms with Gasteiger partial charge in [0, 0.05) is 16.2 Å². The van der Waals surface area contributed by atoms with Gasteiger partial charge in [0.1, 0.15) is 0 Å². The highest BCUT2D eigenvalue weighted by molar-refractivity contribution is 8.00. The molecule has 1 aromatic rings. The molecule has 1 fully saturated rings. The summed E-state index contributed by atoms with van der Waals surface area (Å²) in [4.78, 5) is 1.41. The van der Waals surface area contributed by atoms with Crippen molar-refractivity contribution in [2.75, 3.05) is 6.54 Å². The number of benzene rings is 1. The monoisotopic (exact) mass is 277 g/mol. The van der Waals surface area contributed by atoms with Crippen LogP contribution in [0.15, 0.2) is 29.2 Å². The van der Waals surface area contributed by atoms with Crippen LogP contribution in [0, 0.1) is 12.3 Å². The number of aryl methyl sites for hydroxylation is 1. The first-order valence-electron chi connectivity index (χ1n) is 7.47. The molecule has 1 N–H and O–H groups in total. The number of rotatable bonds is 4. The molecular formula is C17H27NS. The number of hydrogen-bond donors (Lipinski definition) is 1. The highest BCUT2D eigenvalue weighted by atomic mass is 32.2. The van der Waals surface area contributed by atoms with Crippen LogP contribution in [0.1, 0.15) is 45.6 Å². The molecule has 0 heterocycles. The van der Waals surface area contributed by atoms with E-state index in [2.05, 4.69) is 69.0 Å². The van der Waals surface area contributed by atoms with Crippen molar-refractivity contribution < 1.29 is 0 Å². The van der Waals surface area contributed by atoms with Crippen LogP contribution in [-0.4, -0.2) is 17.8 Å². The quantitative estimate of drug-likeness (QED) is 0.860. The fraction of sp³-hybridized carbons (Fsp3) is 0.647. The first kappa shape index (κ1) is 14.9. The molecule has 19 heavy (non-hydrogen) atoms. The lowest BCUT2D eigenvalue weighted by Crippen LogP contribution is -2.44. The summed E-state index contributed by atoms with van der Waals surface area (Å²) in [5.74, 6) is 0. The van der Waals surface area contributed by atoms with E-state index in [1.54, 1.807) is 0 Å². The van der Waals surface area contributed by atoms with Gasteiger partial charge in [0.25, 0.3) is 0 Å². The zero-order valence-electron chi connectivity index (χ0n) is 12.7. The normalized spacial score (nSPS) is 26.3. The largest absolute Gasteiger partial charge is 0.313 e. The van der Waals surface area contributed by atoms with Gasteiger partial charge in [0.2, 0.25) is 0 Å². The SMILES string of the molecule is CCNC1CCC(C)(C)CC1Sc1ccc(C)cc1. The average Bonchev–Trinajstić information content (AvgIpc) is 2.35. The smallest absolute Gasteiger partial charge is 0.0253 e. The first-order valence-corrected chi connectivity index (χ1v) is 8.35. The Kier molecular flexibility index (Phi) is 4.97. The molecule has 2 rings (SSSR count). The molecule has 0 bridgehead atoms. The summed E-state index contributed by atoms with van der Waals surface area (Å²) in [6.07, 6.45) is 3.96. The Labute approximate surface area is 122 Å². The van der Waals surface area contributed by atoms with Gasteiger partial charge in [0.15, 0.2) is 0 Å². The van der Waals surface area contributed by atoms with E-state index in [0.29, 0.717) is 16.7 Å². The van der Waals surface area contributed by atoms with E-state index in [4.69, 9.17) is 0 Å². The summed E-state index contributed by atoms with van der Waals surface area (Å²) in [6, 6.07) is 9.65. The minimum absolute atomic E-state index is 0.494. The Bertz CT molecular complexity index is 396. The zero-order chi connectivity index (χ0) is 13.9. The average molecular weight is 277 g/mol. The Morgan fingerprint density at radius 2 is 1.95 bits per heavy atom. The van der Waals surface area contributed by atoms with E-state index in [1.807, 2.05) is 0 Å². The summed E-state index contributed by atoms with van der Waals surface area (Å²) in [7, 11) is 0. The van der Waals surface area contributed by atoms with Crippen molar-refractivity contribution in [1.82, 2.24) is 5.32 Å². The number of thioether (sulfide) groups is 1. The van der Waals surface area contributed by atoms with Crippen LogP contribution in [0.2, 0.25) is 0 Å². The molecule has 0 aromatic heterocycles. The Morgan fingerprint density at radius 1 is 1.26 bits per heavy atom. The summed E-state index contributed by atoms with van der Waals surface area (Å²) in [6.45, 7) is 10.3. The van der Waals surface area contributed by atoms with E-state index < -0.39 is 0 Å². The van der Waals surface area contributed by atoms with Gasteiger partial charge in [-0.15, -0.1) is 11.8 Å². The molecular weight excluding hydrogens is 250 g/mol. The maximum atomic E-state index is 3.68. The maximum absolute atomic E-state index is 3.68. The van der Waals surface area contributed by atoms with Gasteiger partial charge in [-0.3, -0.25) is 0 Å². The van der Waals surface area contributed by atoms with E-state index in [0.717, 1.165) is 6.54 Å². The van der Waals surface area contributed by atoms with Crippen molar-refractivity contribution in [2.45, 2.75) is 63.1 Å².